The highest BCUT2D eigenvalue weighted by molar-refractivity contribution is 5.79. The van der Waals surface area contributed by atoms with Crippen LogP contribution in [0, 0.1) is 0 Å². The van der Waals surface area contributed by atoms with Gasteiger partial charge in [-0.2, -0.15) is 0 Å². The minimum Gasteiger partial charge on any atom is -0.264 e. The SMILES string of the molecule is c1cncc(Cc2ccc3nnn(Cc4ccc5ncccc5c4)c3n2)c1. The monoisotopic (exact) mass is 352 g/mol. The molecule has 6 heteroatoms. The van der Waals surface area contributed by atoms with Crippen molar-refractivity contribution in [3.63, 3.8) is 0 Å². The van der Waals surface area contributed by atoms with Gasteiger partial charge in [-0.25, -0.2) is 9.67 Å². The van der Waals surface area contributed by atoms with Crippen LogP contribution in [0.2, 0.25) is 0 Å². The zero-order valence-corrected chi connectivity index (χ0v) is 14.5. The summed E-state index contributed by atoms with van der Waals surface area (Å²) < 4.78 is 1.85. The van der Waals surface area contributed by atoms with E-state index in [1.54, 1.807) is 12.4 Å². The molecule has 0 N–H and O–H groups in total. The van der Waals surface area contributed by atoms with Gasteiger partial charge in [0, 0.05) is 36.1 Å². The van der Waals surface area contributed by atoms with E-state index in [0.29, 0.717) is 6.54 Å². The molecule has 4 heterocycles. The second-order valence-electron chi connectivity index (χ2n) is 6.46. The van der Waals surface area contributed by atoms with Gasteiger partial charge in [-0.1, -0.05) is 23.4 Å². The number of hydrogen-bond donors (Lipinski definition) is 0. The molecule has 5 aromatic rings. The van der Waals surface area contributed by atoms with Gasteiger partial charge in [0.25, 0.3) is 0 Å². The Kier molecular flexibility index (Phi) is 3.79. The molecule has 130 valence electrons. The normalized spacial score (nSPS) is 11.3. The van der Waals surface area contributed by atoms with E-state index in [1.165, 1.54) is 0 Å². The molecule has 0 amide bonds. The minimum absolute atomic E-state index is 0.616. The fraction of sp³-hybridized carbons (Fsp3) is 0.0952. The van der Waals surface area contributed by atoms with Crippen LogP contribution in [0.4, 0.5) is 0 Å². The van der Waals surface area contributed by atoms with Crippen molar-refractivity contribution in [2.24, 2.45) is 0 Å². The quantitative estimate of drug-likeness (QED) is 0.496. The van der Waals surface area contributed by atoms with Gasteiger partial charge in [-0.15, -0.1) is 5.10 Å². The van der Waals surface area contributed by atoms with Crippen molar-refractivity contribution in [2.75, 3.05) is 0 Å². The standard InChI is InChI=1S/C21H16N6/c1-3-15(13-22-9-1)12-18-6-8-20-21(24-18)27(26-25-20)14-16-5-7-19-17(11-16)4-2-10-23-19/h1-11,13H,12,14H2. The van der Waals surface area contributed by atoms with Crippen molar-refractivity contribution in [2.45, 2.75) is 13.0 Å². The lowest BCUT2D eigenvalue weighted by Crippen LogP contribution is -2.04. The molecule has 4 aromatic heterocycles. The van der Waals surface area contributed by atoms with Gasteiger partial charge < -0.3 is 0 Å². The second kappa shape index (κ2) is 6.57. The fourth-order valence-electron chi connectivity index (χ4n) is 3.21. The van der Waals surface area contributed by atoms with E-state index in [1.807, 2.05) is 41.2 Å². The van der Waals surface area contributed by atoms with Crippen LogP contribution in [0.5, 0.6) is 0 Å². The molecule has 6 nitrogen and oxygen atoms in total. The van der Waals surface area contributed by atoms with Gasteiger partial charge >= 0.3 is 0 Å². The largest absolute Gasteiger partial charge is 0.264 e. The molecule has 0 radical (unpaired) electrons. The Morgan fingerprint density at radius 2 is 1.78 bits per heavy atom. The molecule has 0 aliphatic heterocycles. The van der Waals surface area contributed by atoms with Crippen molar-refractivity contribution >= 4 is 22.1 Å². The maximum Gasteiger partial charge on any atom is 0.179 e. The van der Waals surface area contributed by atoms with Gasteiger partial charge in [-0.3, -0.25) is 9.97 Å². The number of pyridine rings is 3. The van der Waals surface area contributed by atoms with Crippen molar-refractivity contribution < 1.29 is 0 Å². The zero-order chi connectivity index (χ0) is 18.1. The Labute approximate surface area is 155 Å². The molecule has 0 saturated heterocycles. The number of fused-ring (bicyclic) bond motifs is 2. The van der Waals surface area contributed by atoms with Gasteiger partial charge in [-0.05, 0) is 47.5 Å². The lowest BCUT2D eigenvalue weighted by atomic mass is 10.1. The van der Waals surface area contributed by atoms with Gasteiger partial charge in [0.2, 0.25) is 0 Å². The topological polar surface area (TPSA) is 69.4 Å². The van der Waals surface area contributed by atoms with Gasteiger partial charge in [0.1, 0.15) is 5.52 Å². The first-order valence-corrected chi connectivity index (χ1v) is 8.77. The van der Waals surface area contributed by atoms with Crippen molar-refractivity contribution in [3.8, 4) is 0 Å². The summed E-state index contributed by atoms with van der Waals surface area (Å²) in [6, 6.07) is 18.2. The Morgan fingerprint density at radius 1 is 0.852 bits per heavy atom. The molecule has 0 fully saturated rings. The smallest absolute Gasteiger partial charge is 0.179 e. The summed E-state index contributed by atoms with van der Waals surface area (Å²) in [6.07, 6.45) is 6.18. The van der Waals surface area contributed by atoms with Crippen LogP contribution in [-0.2, 0) is 13.0 Å². The van der Waals surface area contributed by atoms with E-state index in [4.69, 9.17) is 4.98 Å². The third-order valence-electron chi connectivity index (χ3n) is 4.52. The Hall–Kier alpha value is -3.67. The van der Waals surface area contributed by atoms with Crippen LogP contribution in [0.3, 0.4) is 0 Å². The molecule has 0 aliphatic rings. The first-order valence-electron chi connectivity index (χ1n) is 8.77. The molecule has 27 heavy (non-hydrogen) atoms. The minimum atomic E-state index is 0.616. The van der Waals surface area contributed by atoms with E-state index in [0.717, 1.165) is 45.3 Å². The molecule has 0 bridgehead atoms. The second-order valence-corrected chi connectivity index (χ2v) is 6.46. The first-order chi connectivity index (χ1) is 13.3. The molecule has 5 rings (SSSR count). The van der Waals surface area contributed by atoms with Crippen LogP contribution in [0.25, 0.3) is 22.1 Å². The van der Waals surface area contributed by atoms with Crippen LogP contribution in [0.1, 0.15) is 16.8 Å². The molecule has 0 atom stereocenters. The molecule has 0 aliphatic carbocycles. The lowest BCUT2D eigenvalue weighted by molar-refractivity contribution is 0.663. The molecule has 0 spiro atoms. The van der Waals surface area contributed by atoms with Gasteiger partial charge in [0.15, 0.2) is 5.65 Å². The number of hydrogen-bond acceptors (Lipinski definition) is 5. The maximum absolute atomic E-state index is 4.79. The van der Waals surface area contributed by atoms with Gasteiger partial charge in [0.05, 0.1) is 12.1 Å². The highest BCUT2D eigenvalue weighted by Gasteiger charge is 2.09. The molecule has 0 unspecified atom stereocenters. The predicted molar refractivity (Wildman–Crippen MR) is 103 cm³/mol. The summed E-state index contributed by atoms with van der Waals surface area (Å²) in [5.74, 6) is 0. The van der Waals surface area contributed by atoms with Crippen molar-refractivity contribution in [1.29, 1.82) is 0 Å². The van der Waals surface area contributed by atoms with E-state index >= 15 is 0 Å². The highest BCUT2D eigenvalue weighted by atomic mass is 15.4. The van der Waals surface area contributed by atoms with Crippen LogP contribution in [-0.4, -0.2) is 29.9 Å². The Bertz CT molecular complexity index is 1230. The van der Waals surface area contributed by atoms with Crippen molar-refractivity contribution in [1.82, 2.24) is 29.9 Å². The summed E-state index contributed by atoms with van der Waals surface area (Å²) in [6.45, 7) is 0.616. The summed E-state index contributed by atoms with van der Waals surface area (Å²) in [7, 11) is 0. The fourth-order valence-corrected chi connectivity index (χ4v) is 3.21. The third-order valence-corrected chi connectivity index (χ3v) is 4.52. The molecule has 0 saturated carbocycles. The van der Waals surface area contributed by atoms with Crippen LogP contribution >= 0.6 is 0 Å². The number of nitrogens with zero attached hydrogens (tertiary/aromatic N) is 6. The van der Waals surface area contributed by atoms with Crippen LogP contribution < -0.4 is 0 Å². The molecular weight excluding hydrogens is 336 g/mol. The average Bonchev–Trinajstić information content (AvgIpc) is 3.11. The summed E-state index contributed by atoms with van der Waals surface area (Å²) in [5.41, 5.74) is 5.82. The summed E-state index contributed by atoms with van der Waals surface area (Å²) >= 11 is 0. The zero-order valence-electron chi connectivity index (χ0n) is 14.5. The van der Waals surface area contributed by atoms with E-state index in [-0.39, 0.29) is 0 Å². The van der Waals surface area contributed by atoms with E-state index in [9.17, 15) is 0 Å². The Morgan fingerprint density at radius 3 is 2.70 bits per heavy atom. The maximum atomic E-state index is 4.79. The lowest BCUT2D eigenvalue weighted by Gasteiger charge is -2.05. The number of rotatable bonds is 4. The van der Waals surface area contributed by atoms with Crippen LogP contribution in [0.15, 0.2) is 73.2 Å². The third kappa shape index (κ3) is 3.13. The molecular formula is C21H16N6. The van der Waals surface area contributed by atoms with Crippen molar-refractivity contribution in [3.05, 3.63) is 90.0 Å². The molecule has 1 aromatic carbocycles. The average molecular weight is 352 g/mol. The predicted octanol–water partition coefficient (Wildman–Crippen LogP) is 3.41. The number of benzene rings is 1. The van der Waals surface area contributed by atoms with E-state index in [2.05, 4.69) is 44.5 Å². The highest BCUT2D eigenvalue weighted by Crippen LogP contribution is 2.17. The summed E-state index contributed by atoms with van der Waals surface area (Å²) in [5, 5.41) is 9.66. The first kappa shape index (κ1) is 15.6. The Balaban J connectivity index is 1.48. The summed E-state index contributed by atoms with van der Waals surface area (Å²) in [4.78, 5) is 13.3. The number of aromatic nitrogens is 6. The van der Waals surface area contributed by atoms with E-state index < -0.39 is 0 Å².